The first kappa shape index (κ1) is 13.6. The van der Waals surface area contributed by atoms with Crippen LogP contribution < -0.4 is 5.32 Å². The summed E-state index contributed by atoms with van der Waals surface area (Å²) in [7, 11) is 0. The third kappa shape index (κ3) is 2.48. The maximum Gasteiger partial charge on any atom is 0.0730 e. The highest BCUT2D eigenvalue weighted by Crippen LogP contribution is 2.30. The van der Waals surface area contributed by atoms with Crippen molar-refractivity contribution in [1.29, 1.82) is 0 Å². The lowest BCUT2D eigenvalue weighted by molar-refractivity contribution is 0.824. The summed E-state index contributed by atoms with van der Waals surface area (Å²) in [5.74, 6) is 0.588. The van der Waals surface area contributed by atoms with E-state index >= 15 is 0 Å². The predicted octanol–water partition coefficient (Wildman–Crippen LogP) is 3.21. The summed E-state index contributed by atoms with van der Waals surface area (Å²) in [5, 5.41) is 5.69. The molecule has 3 N–H and O–H groups in total. The summed E-state index contributed by atoms with van der Waals surface area (Å²) < 4.78 is 0. The smallest absolute Gasteiger partial charge is 0.0730 e. The minimum absolute atomic E-state index is 0. The fourth-order valence-electron chi connectivity index (χ4n) is 2.20. The second-order valence-corrected chi connectivity index (χ2v) is 4.51. The number of halogens is 1. The average Bonchev–Trinajstić information content (AvgIpc) is 2.43. The molecule has 3 rings (SSSR count). The van der Waals surface area contributed by atoms with Gasteiger partial charge in [-0.05, 0) is 12.1 Å². The van der Waals surface area contributed by atoms with E-state index in [4.69, 9.17) is 11.6 Å². The van der Waals surface area contributed by atoms with Gasteiger partial charge < -0.3 is 10.8 Å². The number of benzene rings is 2. The maximum atomic E-state index is 5.78. The van der Waals surface area contributed by atoms with Crippen LogP contribution in [0.25, 0.3) is 21.8 Å². The minimum atomic E-state index is 0. The second-order valence-electron chi connectivity index (χ2n) is 4.14. The van der Waals surface area contributed by atoms with Gasteiger partial charge in [-0.3, -0.25) is 0 Å². The Morgan fingerprint density at radius 2 is 1.42 bits per heavy atom. The molecule has 0 saturated heterocycles. The molecule has 0 spiro atoms. The largest absolute Gasteiger partial charge is 0.412 e. The van der Waals surface area contributed by atoms with E-state index in [2.05, 4.69) is 22.4 Å². The van der Waals surface area contributed by atoms with Crippen LogP contribution in [0.15, 0.2) is 48.5 Å². The zero-order valence-electron chi connectivity index (χ0n) is 10.4. The van der Waals surface area contributed by atoms with E-state index in [1.54, 1.807) is 0 Å². The van der Waals surface area contributed by atoms with Crippen molar-refractivity contribution in [2.24, 2.45) is 0 Å². The van der Waals surface area contributed by atoms with Crippen LogP contribution in [0.1, 0.15) is 0 Å². The number of fused-ring (bicyclic) bond motifs is 2. The highest BCUT2D eigenvalue weighted by Gasteiger charge is 2.07. The lowest BCUT2D eigenvalue weighted by Gasteiger charge is -2.12. The normalized spacial score (nSPS) is 10.4. The van der Waals surface area contributed by atoms with Crippen LogP contribution >= 0.6 is 11.6 Å². The molecule has 0 radical (unpaired) electrons. The molecule has 1 aromatic heterocycles. The molecule has 0 amide bonds. The molecule has 2 aromatic carbocycles. The number of nitrogens with one attached hydrogen (secondary N) is 1. The predicted molar refractivity (Wildman–Crippen MR) is 82.1 cm³/mol. The van der Waals surface area contributed by atoms with Crippen LogP contribution in [0.5, 0.6) is 0 Å². The van der Waals surface area contributed by atoms with Crippen molar-refractivity contribution in [2.75, 3.05) is 17.7 Å². The molecule has 3 aromatic rings. The SMILES string of the molecule is ClCCNc1c2ccccc2nc2ccccc12.O. The number of hydrogen-bond donors (Lipinski definition) is 1. The Kier molecular flexibility index (Phi) is 4.20. The molecule has 0 atom stereocenters. The summed E-state index contributed by atoms with van der Waals surface area (Å²) >= 11 is 5.78. The van der Waals surface area contributed by atoms with E-state index in [0.29, 0.717) is 5.88 Å². The van der Waals surface area contributed by atoms with E-state index in [0.717, 1.165) is 34.0 Å². The molecular weight excluding hydrogens is 260 g/mol. The van der Waals surface area contributed by atoms with E-state index < -0.39 is 0 Å². The van der Waals surface area contributed by atoms with Gasteiger partial charge in [0, 0.05) is 23.2 Å². The summed E-state index contributed by atoms with van der Waals surface area (Å²) in [5.41, 5.74) is 3.14. The number of pyridine rings is 1. The zero-order valence-corrected chi connectivity index (χ0v) is 11.1. The molecule has 19 heavy (non-hydrogen) atoms. The molecule has 0 saturated carbocycles. The molecule has 0 bridgehead atoms. The molecule has 0 aliphatic carbocycles. The lowest BCUT2D eigenvalue weighted by Crippen LogP contribution is -2.04. The Labute approximate surface area is 116 Å². The Bertz CT molecular complexity index is 646. The first-order chi connectivity index (χ1) is 8.90. The Balaban J connectivity index is 0.00000133. The molecule has 0 aliphatic rings. The Morgan fingerprint density at radius 1 is 0.895 bits per heavy atom. The number of alkyl halides is 1. The fourth-order valence-corrected chi connectivity index (χ4v) is 2.30. The van der Waals surface area contributed by atoms with Gasteiger partial charge in [-0.25, -0.2) is 4.98 Å². The summed E-state index contributed by atoms with van der Waals surface area (Å²) in [6.07, 6.45) is 0. The van der Waals surface area contributed by atoms with E-state index in [9.17, 15) is 0 Å². The molecule has 0 fully saturated rings. The third-order valence-corrected chi connectivity index (χ3v) is 3.17. The quantitative estimate of drug-likeness (QED) is 0.589. The molecule has 4 heteroatoms. The number of rotatable bonds is 3. The van der Waals surface area contributed by atoms with Crippen LogP contribution in [-0.4, -0.2) is 22.9 Å². The number of anilines is 1. The molecule has 0 aliphatic heterocycles. The van der Waals surface area contributed by atoms with Crippen LogP contribution in [0, 0.1) is 0 Å². The lowest BCUT2D eigenvalue weighted by atomic mass is 10.1. The van der Waals surface area contributed by atoms with Gasteiger partial charge in [-0.15, -0.1) is 11.6 Å². The fraction of sp³-hybridized carbons (Fsp3) is 0.133. The van der Waals surface area contributed by atoms with Crippen LogP contribution in [0.2, 0.25) is 0 Å². The van der Waals surface area contributed by atoms with Gasteiger partial charge in [0.05, 0.1) is 16.7 Å². The zero-order chi connectivity index (χ0) is 12.4. The first-order valence-electron chi connectivity index (χ1n) is 5.97. The third-order valence-electron chi connectivity index (χ3n) is 2.98. The number of para-hydroxylation sites is 2. The summed E-state index contributed by atoms with van der Waals surface area (Å²) in [6, 6.07) is 16.3. The van der Waals surface area contributed by atoms with Gasteiger partial charge in [-0.2, -0.15) is 0 Å². The molecule has 3 nitrogen and oxygen atoms in total. The van der Waals surface area contributed by atoms with Crippen molar-refractivity contribution in [3.63, 3.8) is 0 Å². The van der Waals surface area contributed by atoms with Crippen molar-refractivity contribution in [2.45, 2.75) is 0 Å². The minimum Gasteiger partial charge on any atom is -0.412 e. The summed E-state index contributed by atoms with van der Waals surface area (Å²) in [4.78, 5) is 4.67. The van der Waals surface area contributed by atoms with Crippen molar-refractivity contribution < 1.29 is 5.48 Å². The molecule has 1 heterocycles. The van der Waals surface area contributed by atoms with E-state index in [1.165, 1.54) is 0 Å². The highest BCUT2D eigenvalue weighted by atomic mass is 35.5. The number of nitrogens with zero attached hydrogens (tertiary/aromatic N) is 1. The maximum absolute atomic E-state index is 5.78. The van der Waals surface area contributed by atoms with Gasteiger partial charge in [0.15, 0.2) is 0 Å². The van der Waals surface area contributed by atoms with E-state index in [1.807, 2.05) is 36.4 Å². The van der Waals surface area contributed by atoms with Gasteiger partial charge in [0.1, 0.15) is 0 Å². The van der Waals surface area contributed by atoms with Crippen LogP contribution in [0.3, 0.4) is 0 Å². The Hall–Kier alpha value is -1.84. The molecule has 0 unspecified atom stereocenters. The highest BCUT2D eigenvalue weighted by molar-refractivity contribution is 6.18. The topological polar surface area (TPSA) is 56.4 Å². The van der Waals surface area contributed by atoms with Gasteiger partial charge in [0.25, 0.3) is 0 Å². The monoisotopic (exact) mass is 274 g/mol. The van der Waals surface area contributed by atoms with E-state index in [-0.39, 0.29) is 5.48 Å². The first-order valence-corrected chi connectivity index (χ1v) is 6.51. The van der Waals surface area contributed by atoms with Crippen molar-refractivity contribution >= 4 is 39.1 Å². The van der Waals surface area contributed by atoms with Gasteiger partial charge >= 0.3 is 0 Å². The molecular formula is C15H15ClN2O. The van der Waals surface area contributed by atoms with Gasteiger partial charge in [-0.1, -0.05) is 36.4 Å². The Morgan fingerprint density at radius 3 is 1.95 bits per heavy atom. The van der Waals surface area contributed by atoms with Crippen LogP contribution in [0.4, 0.5) is 5.69 Å². The molecule has 98 valence electrons. The number of aromatic nitrogens is 1. The summed E-state index contributed by atoms with van der Waals surface area (Å²) in [6.45, 7) is 0.750. The van der Waals surface area contributed by atoms with Crippen molar-refractivity contribution in [3.8, 4) is 0 Å². The average molecular weight is 275 g/mol. The van der Waals surface area contributed by atoms with Crippen LogP contribution in [-0.2, 0) is 0 Å². The second kappa shape index (κ2) is 5.87. The van der Waals surface area contributed by atoms with Crippen molar-refractivity contribution in [1.82, 2.24) is 4.98 Å². The van der Waals surface area contributed by atoms with Crippen molar-refractivity contribution in [3.05, 3.63) is 48.5 Å². The van der Waals surface area contributed by atoms with Gasteiger partial charge in [0.2, 0.25) is 0 Å². The standard InChI is InChI=1S/C15H13ClN2.H2O/c16-9-10-17-15-11-5-1-3-7-13(11)18-14-8-4-2-6-12(14)15;/h1-8H,9-10H2,(H,17,18);1H2. The number of hydrogen-bond acceptors (Lipinski definition) is 2.